The van der Waals surface area contributed by atoms with Crippen molar-refractivity contribution in [2.45, 2.75) is 46.4 Å². The molecule has 1 N–H and O–H groups in total. The third-order valence-corrected chi connectivity index (χ3v) is 3.28. The molecule has 1 aromatic heterocycles. The number of hydrogen-bond donors (Lipinski definition) is 1. The van der Waals surface area contributed by atoms with E-state index in [1.807, 2.05) is 0 Å². The normalized spacial score (nSPS) is 20.1. The van der Waals surface area contributed by atoms with E-state index in [1.54, 1.807) is 0 Å². The predicted molar refractivity (Wildman–Crippen MR) is 78.6 cm³/mol. The van der Waals surface area contributed by atoms with Gasteiger partial charge >= 0.3 is 0 Å². The Bertz CT molecular complexity index is 420. The number of anilines is 1. The molecule has 0 radical (unpaired) electrons. The van der Waals surface area contributed by atoms with E-state index in [-0.39, 0.29) is 6.10 Å². The Labute approximate surface area is 116 Å². The van der Waals surface area contributed by atoms with Crippen LogP contribution in [0, 0.1) is 6.92 Å². The van der Waals surface area contributed by atoms with Gasteiger partial charge in [-0.15, -0.1) is 0 Å². The highest BCUT2D eigenvalue weighted by atomic mass is 16.5. The number of rotatable bonds is 4. The molecule has 1 aromatic rings. The Balaban J connectivity index is 2.11. The lowest BCUT2D eigenvalue weighted by atomic mass is 10.2. The van der Waals surface area contributed by atoms with E-state index in [2.05, 4.69) is 55.0 Å². The third kappa shape index (κ3) is 4.18. The van der Waals surface area contributed by atoms with Gasteiger partial charge in [-0.3, -0.25) is 0 Å². The van der Waals surface area contributed by atoms with Crippen molar-refractivity contribution < 1.29 is 4.74 Å². The van der Waals surface area contributed by atoms with Gasteiger partial charge in [0.15, 0.2) is 0 Å². The van der Waals surface area contributed by atoms with Crippen LogP contribution in [-0.2, 0) is 11.3 Å². The Morgan fingerprint density at radius 2 is 2.26 bits per heavy atom. The van der Waals surface area contributed by atoms with Crippen molar-refractivity contribution in [2.24, 2.45) is 0 Å². The van der Waals surface area contributed by atoms with Crippen molar-refractivity contribution in [3.63, 3.8) is 0 Å². The standard InChI is InChI=1S/C15H25N3O/c1-11(2)16-9-14-7-12(3)17-15(8-14)18-5-6-19-13(4)10-18/h7-8,11,13,16H,5-6,9-10H2,1-4H3. The van der Waals surface area contributed by atoms with Crippen LogP contribution in [0.4, 0.5) is 5.82 Å². The van der Waals surface area contributed by atoms with Crippen LogP contribution in [0.1, 0.15) is 32.0 Å². The number of hydrogen-bond acceptors (Lipinski definition) is 4. The van der Waals surface area contributed by atoms with Crippen molar-refractivity contribution in [3.8, 4) is 0 Å². The second-order valence-electron chi connectivity index (χ2n) is 5.64. The van der Waals surface area contributed by atoms with Crippen LogP contribution in [0.25, 0.3) is 0 Å². The molecule has 2 rings (SSSR count). The van der Waals surface area contributed by atoms with Gasteiger partial charge in [0.25, 0.3) is 0 Å². The van der Waals surface area contributed by atoms with Crippen LogP contribution in [0.15, 0.2) is 12.1 Å². The summed E-state index contributed by atoms with van der Waals surface area (Å²) in [4.78, 5) is 6.98. The summed E-state index contributed by atoms with van der Waals surface area (Å²) in [5, 5.41) is 3.46. The van der Waals surface area contributed by atoms with Crippen molar-refractivity contribution in [1.82, 2.24) is 10.3 Å². The average molecular weight is 263 g/mol. The molecular formula is C15H25N3O. The zero-order valence-corrected chi connectivity index (χ0v) is 12.4. The van der Waals surface area contributed by atoms with Gasteiger partial charge in [-0.1, -0.05) is 13.8 Å². The molecule has 1 unspecified atom stereocenters. The summed E-state index contributed by atoms with van der Waals surface area (Å²) < 4.78 is 5.59. The molecule has 1 atom stereocenters. The molecule has 0 aromatic carbocycles. The number of nitrogens with zero attached hydrogens (tertiary/aromatic N) is 2. The number of ether oxygens (including phenoxy) is 1. The monoisotopic (exact) mass is 263 g/mol. The molecule has 0 bridgehead atoms. The second kappa shape index (κ2) is 6.35. The molecular weight excluding hydrogens is 238 g/mol. The summed E-state index contributed by atoms with van der Waals surface area (Å²) in [5.74, 6) is 1.08. The van der Waals surface area contributed by atoms with Gasteiger partial charge in [0.1, 0.15) is 5.82 Å². The van der Waals surface area contributed by atoms with Gasteiger partial charge < -0.3 is 15.0 Å². The average Bonchev–Trinajstić information content (AvgIpc) is 2.36. The Kier molecular flexibility index (Phi) is 4.77. The third-order valence-electron chi connectivity index (χ3n) is 3.28. The van der Waals surface area contributed by atoms with Crippen molar-refractivity contribution >= 4 is 5.82 Å². The highest BCUT2D eigenvalue weighted by molar-refractivity contribution is 5.43. The van der Waals surface area contributed by atoms with Crippen molar-refractivity contribution in [2.75, 3.05) is 24.6 Å². The lowest BCUT2D eigenvalue weighted by molar-refractivity contribution is 0.0529. The summed E-state index contributed by atoms with van der Waals surface area (Å²) >= 11 is 0. The number of morpholine rings is 1. The van der Waals surface area contributed by atoms with Crippen LogP contribution in [0.5, 0.6) is 0 Å². The lowest BCUT2D eigenvalue weighted by Gasteiger charge is -2.32. The predicted octanol–water partition coefficient (Wildman–Crippen LogP) is 2.11. The minimum absolute atomic E-state index is 0.285. The number of aromatic nitrogens is 1. The molecule has 4 nitrogen and oxygen atoms in total. The highest BCUT2D eigenvalue weighted by Crippen LogP contribution is 2.18. The summed E-state index contributed by atoms with van der Waals surface area (Å²) in [5.41, 5.74) is 2.38. The fourth-order valence-electron chi connectivity index (χ4n) is 2.33. The zero-order valence-electron chi connectivity index (χ0n) is 12.4. The fraction of sp³-hybridized carbons (Fsp3) is 0.667. The van der Waals surface area contributed by atoms with E-state index in [0.29, 0.717) is 6.04 Å². The van der Waals surface area contributed by atoms with E-state index < -0.39 is 0 Å². The van der Waals surface area contributed by atoms with E-state index in [1.165, 1.54) is 5.56 Å². The SMILES string of the molecule is Cc1cc(CNC(C)C)cc(N2CCOC(C)C2)n1. The van der Waals surface area contributed by atoms with E-state index in [4.69, 9.17) is 4.74 Å². The highest BCUT2D eigenvalue weighted by Gasteiger charge is 2.18. The maximum absolute atomic E-state index is 5.59. The number of nitrogens with one attached hydrogen (secondary N) is 1. The second-order valence-corrected chi connectivity index (χ2v) is 5.64. The first-order valence-corrected chi connectivity index (χ1v) is 7.12. The molecule has 4 heteroatoms. The van der Waals surface area contributed by atoms with Crippen molar-refractivity contribution in [1.29, 1.82) is 0 Å². The minimum Gasteiger partial charge on any atom is -0.375 e. The topological polar surface area (TPSA) is 37.4 Å². The molecule has 2 heterocycles. The summed E-state index contributed by atoms with van der Waals surface area (Å²) in [7, 11) is 0. The van der Waals surface area contributed by atoms with E-state index in [0.717, 1.165) is 37.8 Å². The van der Waals surface area contributed by atoms with Gasteiger partial charge in [0.05, 0.1) is 12.7 Å². The summed E-state index contributed by atoms with van der Waals surface area (Å²) in [6, 6.07) is 4.85. The fourth-order valence-corrected chi connectivity index (χ4v) is 2.33. The number of pyridine rings is 1. The largest absolute Gasteiger partial charge is 0.375 e. The van der Waals surface area contributed by atoms with Crippen LogP contribution in [-0.4, -0.2) is 36.8 Å². The van der Waals surface area contributed by atoms with Crippen LogP contribution < -0.4 is 10.2 Å². The van der Waals surface area contributed by atoms with Gasteiger partial charge in [-0.25, -0.2) is 4.98 Å². The van der Waals surface area contributed by atoms with E-state index in [9.17, 15) is 0 Å². The molecule has 1 fully saturated rings. The first-order valence-electron chi connectivity index (χ1n) is 7.12. The quantitative estimate of drug-likeness (QED) is 0.903. The molecule has 0 saturated carbocycles. The molecule has 19 heavy (non-hydrogen) atoms. The molecule has 0 amide bonds. The molecule has 0 aliphatic carbocycles. The molecule has 106 valence electrons. The van der Waals surface area contributed by atoms with Crippen LogP contribution in [0.2, 0.25) is 0 Å². The van der Waals surface area contributed by atoms with Gasteiger partial charge in [-0.2, -0.15) is 0 Å². The van der Waals surface area contributed by atoms with Crippen LogP contribution in [0.3, 0.4) is 0 Å². The molecule has 1 aliphatic rings. The first kappa shape index (κ1) is 14.3. The minimum atomic E-state index is 0.285. The zero-order chi connectivity index (χ0) is 13.8. The smallest absolute Gasteiger partial charge is 0.129 e. The molecule has 1 aliphatic heterocycles. The maximum Gasteiger partial charge on any atom is 0.129 e. The lowest BCUT2D eigenvalue weighted by Crippen LogP contribution is -2.41. The molecule has 0 spiro atoms. The Hall–Kier alpha value is -1.13. The Morgan fingerprint density at radius 1 is 1.47 bits per heavy atom. The summed E-state index contributed by atoms with van der Waals surface area (Å²) in [6.07, 6.45) is 0.285. The van der Waals surface area contributed by atoms with Gasteiger partial charge in [0.2, 0.25) is 0 Å². The Morgan fingerprint density at radius 3 is 2.95 bits per heavy atom. The van der Waals surface area contributed by atoms with Crippen molar-refractivity contribution in [3.05, 3.63) is 23.4 Å². The van der Waals surface area contributed by atoms with Gasteiger partial charge in [0, 0.05) is 31.4 Å². The number of aryl methyl sites for hydroxylation is 1. The first-order chi connectivity index (χ1) is 9.04. The van der Waals surface area contributed by atoms with Crippen LogP contribution >= 0.6 is 0 Å². The van der Waals surface area contributed by atoms with E-state index >= 15 is 0 Å². The molecule has 1 saturated heterocycles. The maximum atomic E-state index is 5.59. The van der Waals surface area contributed by atoms with Gasteiger partial charge in [-0.05, 0) is 31.5 Å². The summed E-state index contributed by atoms with van der Waals surface area (Å²) in [6.45, 7) is 12.0.